The second-order valence-corrected chi connectivity index (χ2v) is 7.54. The van der Waals surface area contributed by atoms with E-state index in [0.717, 1.165) is 36.1 Å². The molecule has 0 saturated carbocycles. The van der Waals surface area contributed by atoms with Crippen LogP contribution < -0.4 is 4.90 Å². The van der Waals surface area contributed by atoms with Gasteiger partial charge in [-0.05, 0) is 18.6 Å². The van der Waals surface area contributed by atoms with Crippen LogP contribution in [0.3, 0.4) is 0 Å². The summed E-state index contributed by atoms with van der Waals surface area (Å²) in [7, 11) is 1.90. The molecule has 0 radical (unpaired) electrons. The van der Waals surface area contributed by atoms with Crippen LogP contribution in [0.2, 0.25) is 5.02 Å². The van der Waals surface area contributed by atoms with Gasteiger partial charge in [0.2, 0.25) is 5.91 Å². The smallest absolute Gasteiger partial charge is 0.219 e. The third kappa shape index (κ3) is 2.90. The van der Waals surface area contributed by atoms with Crippen LogP contribution in [-0.2, 0) is 4.79 Å². The Morgan fingerprint density at radius 2 is 2.22 bits per heavy atom. The molecule has 1 saturated heterocycles. The van der Waals surface area contributed by atoms with Crippen LogP contribution in [0.4, 0.5) is 5.69 Å². The summed E-state index contributed by atoms with van der Waals surface area (Å²) in [5, 5.41) is 8.92. The van der Waals surface area contributed by atoms with Gasteiger partial charge in [0, 0.05) is 54.6 Å². The third-order valence-electron chi connectivity index (χ3n) is 4.98. The topological polar surface area (TPSA) is 52.2 Å². The molecule has 3 rings (SSSR count). The number of anilines is 1. The van der Waals surface area contributed by atoms with Crippen molar-refractivity contribution in [1.29, 1.82) is 0 Å². The molecule has 5 nitrogen and oxygen atoms in total. The van der Waals surface area contributed by atoms with Gasteiger partial charge in [-0.3, -0.25) is 9.89 Å². The molecule has 1 unspecified atom stereocenters. The molecule has 1 N–H and O–H groups in total. The number of benzene rings is 1. The lowest BCUT2D eigenvalue weighted by Crippen LogP contribution is -2.56. The van der Waals surface area contributed by atoms with Crippen LogP contribution in [0.1, 0.15) is 27.2 Å². The van der Waals surface area contributed by atoms with Gasteiger partial charge in [-0.15, -0.1) is 0 Å². The van der Waals surface area contributed by atoms with E-state index in [-0.39, 0.29) is 17.4 Å². The van der Waals surface area contributed by atoms with Crippen molar-refractivity contribution in [3.8, 4) is 0 Å². The van der Waals surface area contributed by atoms with E-state index in [1.807, 2.05) is 30.3 Å². The molecule has 1 amide bonds. The standard InChI is InChI=1S/C17H23ClN4O/c1-11(23)21(4)16-5-6-22(10-17(16,2)3)15-8-12(18)7-14-13(15)9-19-20-14/h7-9,16H,5-6,10H2,1-4H3,(H,19,20). The summed E-state index contributed by atoms with van der Waals surface area (Å²) in [6.45, 7) is 7.84. The number of aromatic nitrogens is 2. The Balaban J connectivity index is 1.92. The van der Waals surface area contributed by atoms with Crippen LogP contribution in [0.15, 0.2) is 18.3 Å². The molecule has 2 aromatic rings. The maximum atomic E-state index is 11.7. The van der Waals surface area contributed by atoms with Crippen molar-refractivity contribution in [3.05, 3.63) is 23.4 Å². The minimum Gasteiger partial charge on any atom is -0.370 e. The van der Waals surface area contributed by atoms with Gasteiger partial charge in [-0.25, -0.2) is 0 Å². The predicted octanol–water partition coefficient (Wildman–Crippen LogP) is 3.30. The molecule has 0 aliphatic carbocycles. The number of rotatable bonds is 2. The highest BCUT2D eigenvalue weighted by atomic mass is 35.5. The number of carbonyl (C=O) groups excluding carboxylic acids is 1. The summed E-state index contributed by atoms with van der Waals surface area (Å²) < 4.78 is 0. The Morgan fingerprint density at radius 1 is 1.48 bits per heavy atom. The van der Waals surface area contributed by atoms with E-state index >= 15 is 0 Å². The lowest BCUT2D eigenvalue weighted by molar-refractivity contribution is -0.132. The third-order valence-corrected chi connectivity index (χ3v) is 5.20. The Kier molecular flexibility index (Phi) is 4.00. The van der Waals surface area contributed by atoms with Gasteiger partial charge in [0.15, 0.2) is 0 Å². The van der Waals surface area contributed by atoms with Gasteiger partial charge in [0.25, 0.3) is 0 Å². The minimum absolute atomic E-state index is 0.00293. The van der Waals surface area contributed by atoms with Crippen molar-refractivity contribution in [2.45, 2.75) is 33.2 Å². The number of carbonyl (C=O) groups is 1. The highest BCUT2D eigenvalue weighted by Gasteiger charge is 2.39. The van der Waals surface area contributed by atoms with E-state index in [0.29, 0.717) is 5.02 Å². The molecule has 124 valence electrons. The fourth-order valence-electron chi connectivity index (χ4n) is 3.75. The summed E-state index contributed by atoms with van der Waals surface area (Å²) in [5.74, 6) is 0.122. The number of amides is 1. The van der Waals surface area contributed by atoms with Crippen molar-refractivity contribution < 1.29 is 4.79 Å². The summed E-state index contributed by atoms with van der Waals surface area (Å²) in [5.41, 5.74) is 2.06. The van der Waals surface area contributed by atoms with Crippen LogP contribution in [0.25, 0.3) is 10.9 Å². The first-order chi connectivity index (χ1) is 10.8. The predicted molar refractivity (Wildman–Crippen MR) is 93.9 cm³/mol. The SMILES string of the molecule is CC(=O)N(C)C1CCN(c2cc(Cl)cc3[nH]ncc23)CC1(C)C. The number of piperidine rings is 1. The zero-order valence-electron chi connectivity index (χ0n) is 14.1. The number of halogens is 1. The van der Waals surface area contributed by atoms with Crippen LogP contribution >= 0.6 is 11.6 Å². The fraction of sp³-hybridized carbons (Fsp3) is 0.529. The first kappa shape index (κ1) is 16.1. The van der Waals surface area contributed by atoms with Crippen molar-refractivity contribution >= 4 is 34.1 Å². The molecule has 1 aliphatic rings. The van der Waals surface area contributed by atoms with E-state index in [9.17, 15) is 4.79 Å². The number of aromatic amines is 1. The Hall–Kier alpha value is -1.75. The number of H-pyrrole nitrogens is 1. The van der Waals surface area contributed by atoms with Crippen LogP contribution in [0, 0.1) is 5.41 Å². The Bertz CT molecular complexity index is 739. The summed E-state index contributed by atoms with van der Waals surface area (Å²) in [6, 6.07) is 4.15. The second kappa shape index (κ2) is 5.71. The van der Waals surface area contributed by atoms with Crippen molar-refractivity contribution in [1.82, 2.24) is 15.1 Å². The Labute approximate surface area is 141 Å². The molecule has 6 heteroatoms. The summed E-state index contributed by atoms with van der Waals surface area (Å²) in [6.07, 6.45) is 2.79. The average molecular weight is 335 g/mol. The highest BCUT2D eigenvalue weighted by Crippen LogP contribution is 2.38. The molecular weight excluding hydrogens is 312 g/mol. The van der Waals surface area contributed by atoms with Crippen molar-refractivity contribution in [2.24, 2.45) is 5.41 Å². The van der Waals surface area contributed by atoms with Gasteiger partial charge in [-0.1, -0.05) is 25.4 Å². The molecule has 1 atom stereocenters. The molecule has 1 fully saturated rings. The van der Waals surface area contributed by atoms with Gasteiger partial charge in [0.05, 0.1) is 11.7 Å². The van der Waals surface area contributed by atoms with E-state index in [2.05, 4.69) is 28.9 Å². The molecular formula is C17H23ClN4O. The maximum Gasteiger partial charge on any atom is 0.219 e. The van der Waals surface area contributed by atoms with Crippen LogP contribution in [-0.4, -0.2) is 47.2 Å². The summed E-state index contributed by atoms with van der Waals surface area (Å²) >= 11 is 6.26. The molecule has 2 heterocycles. The quantitative estimate of drug-likeness (QED) is 0.916. The van der Waals surface area contributed by atoms with Gasteiger partial charge in [0.1, 0.15) is 0 Å². The first-order valence-corrected chi connectivity index (χ1v) is 8.28. The largest absolute Gasteiger partial charge is 0.370 e. The lowest BCUT2D eigenvalue weighted by Gasteiger charge is -2.48. The molecule has 1 aliphatic heterocycles. The molecule has 1 aromatic carbocycles. The van der Waals surface area contributed by atoms with Gasteiger partial charge in [-0.2, -0.15) is 5.10 Å². The molecule has 0 spiro atoms. The lowest BCUT2D eigenvalue weighted by atomic mass is 9.78. The Morgan fingerprint density at radius 3 is 2.87 bits per heavy atom. The molecule has 23 heavy (non-hydrogen) atoms. The van der Waals surface area contributed by atoms with Gasteiger partial charge >= 0.3 is 0 Å². The minimum atomic E-state index is -0.00293. The number of nitrogens with one attached hydrogen (secondary N) is 1. The fourth-order valence-corrected chi connectivity index (χ4v) is 3.96. The zero-order chi connectivity index (χ0) is 16.8. The monoisotopic (exact) mass is 334 g/mol. The summed E-state index contributed by atoms with van der Waals surface area (Å²) in [4.78, 5) is 16.0. The highest BCUT2D eigenvalue weighted by molar-refractivity contribution is 6.31. The van der Waals surface area contributed by atoms with Crippen molar-refractivity contribution in [2.75, 3.05) is 25.0 Å². The molecule has 0 bridgehead atoms. The number of fused-ring (bicyclic) bond motifs is 1. The van der Waals surface area contributed by atoms with Crippen molar-refractivity contribution in [3.63, 3.8) is 0 Å². The van der Waals surface area contributed by atoms with Gasteiger partial charge < -0.3 is 9.80 Å². The van der Waals surface area contributed by atoms with E-state index < -0.39 is 0 Å². The maximum absolute atomic E-state index is 11.7. The molecule has 1 aromatic heterocycles. The zero-order valence-corrected chi connectivity index (χ0v) is 14.8. The van der Waals surface area contributed by atoms with E-state index in [4.69, 9.17) is 11.6 Å². The van der Waals surface area contributed by atoms with E-state index in [1.54, 1.807) is 6.92 Å². The number of nitrogens with zero attached hydrogens (tertiary/aromatic N) is 3. The van der Waals surface area contributed by atoms with E-state index in [1.165, 1.54) is 0 Å². The first-order valence-electron chi connectivity index (χ1n) is 7.90. The number of hydrogen-bond donors (Lipinski definition) is 1. The number of hydrogen-bond acceptors (Lipinski definition) is 3. The normalized spacial score (nSPS) is 20.7. The van der Waals surface area contributed by atoms with Crippen LogP contribution in [0.5, 0.6) is 0 Å². The second-order valence-electron chi connectivity index (χ2n) is 7.10. The average Bonchev–Trinajstić information content (AvgIpc) is 2.92.